The van der Waals surface area contributed by atoms with Crippen molar-refractivity contribution in [2.24, 2.45) is 5.10 Å². The fourth-order valence-corrected chi connectivity index (χ4v) is 3.90. The van der Waals surface area contributed by atoms with Crippen LogP contribution in [0.1, 0.15) is 18.9 Å². The smallest absolute Gasteiger partial charge is 0.175 e. The molecule has 0 aliphatic carbocycles. The third-order valence-electron chi connectivity index (χ3n) is 3.31. The maximum Gasteiger partial charge on any atom is 0.175 e. The first kappa shape index (κ1) is 16.0. The Morgan fingerprint density at radius 1 is 1.33 bits per heavy atom. The van der Waals surface area contributed by atoms with Crippen molar-refractivity contribution in [1.82, 2.24) is 5.01 Å². The highest BCUT2D eigenvalue weighted by atomic mass is 32.2. The van der Waals surface area contributed by atoms with Gasteiger partial charge in [-0.2, -0.15) is 5.10 Å². The fraction of sp³-hybridized carbons (Fsp3) is 0.429. The highest BCUT2D eigenvalue weighted by molar-refractivity contribution is 8.01. The highest BCUT2D eigenvalue weighted by Crippen LogP contribution is 2.30. The maximum absolute atomic E-state index is 11.5. The summed E-state index contributed by atoms with van der Waals surface area (Å²) in [4.78, 5) is 11.3. The number of aldehydes is 1. The quantitative estimate of drug-likeness (QED) is 0.789. The van der Waals surface area contributed by atoms with E-state index in [-0.39, 0.29) is 10.6 Å². The molecule has 114 valence electrons. The van der Waals surface area contributed by atoms with Crippen LogP contribution in [0.15, 0.2) is 34.3 Å². The number of thioether (sulfide) groups is 1. The number of nitrogens with zero attached hydrogens (tertiary/aromatic N) is 2. The van der Waals surface area contributed by atoms with Crippen LogP contribution < -0.4 is 0 Å². The zero-order valence-electron chi connectivity index (χ0n) is 12.2. The molecule has 1 heterocycles. The standard InChI is InChI=1S/C14H18N2O3S2/c1-4-12-14(15-16(2)13(9-17)20-12)10-5-7-11(8-6-10)21(3,18)19/h5-9,12-13H,4H2,1-3H3. The second-order valence-corrected chi connectivity index (χ2v) is 8.25. The van der Waals surface area contributed by atoms with Gasteiger partial charge in [-0.1, -0.05) is 19.1 Å². The number of hydrazone groups is 1. The molecule has 2 rings (SSSR count). The molecule has 5 nitrogen and oxygen atoms in total. The van der Waals surface area contributed by atoms with Crippen molar-refractivity contribution >= 4 is 33.6 Å². The molecule has 0 spiro atoms. The van der Waals surface area contributed by atoms with Crippen molar-refractivity contribution in [3.05, 3.63) is 29.8 Å². The molecule has 1 aromatic carbocycles. The Balaban J connectivity index is 2.37. The van der Waals surface area contributed by atoms with E-state index in [0.29, 0.717) is 4.90 Å². The van der Waals surface area contributed by atoms with Crippen LogP contribution in [0.2, 0.25) is 0 Å². The monoisotopic (exact) mass is 326 g/mol. The number of rotatable bonds is 4. The number of carbonyl (C=O) groups excluding carboxylic acids is 1. The second-order valence-electron chi connectivity index (χ2n) is 4.92. The lowest BCUT2D eigenvalue weighted by Gasteiger charge is -2.32. The van der Waals surface area contributed by atoms with E-state index in [2.05, 4.69) is 5.10 Å². The number of benzene rings is 1. The molecule has 0 saturated carbocycles. The fourth-order valence-electron chi connectivity index (χ4n) is 2.14. The number of hydrogen-bond acceptors (Lipinski definition) is 6. The molecule has 1 aliphatic heterocycles. The normalized spacial score (nSPS) is 22.8. The van der Waals surface area contributed by atoms with Gasteiger partial charge in [0.1, 0.15) is 5.37 Å². The molecule has 0 aromatic heterocycles. The molecule has 0 amide bonds. The summed E-state index contributed by atoms with van der Waals surface area (Å²) in [5, 5.41) is 6.00. The van der Waals surface area contributed by atoms with Crippen LogP contribution in [0, 0.1) is 0 Å². The zero-order valence-corrected chi connectivity index (χ0v) is 13.8. The molecule has 2 unspecified atom stereocenters. The third-order valence-corrected chi connectivity index (χ3v) is 6.02. The predicted octanol–water partition coefficient (Wildman–Crippen LogP) is 1.78. The summed E-state index contributed by atoms with van der Waals surface area (Å²) in [5.41, 5.74) is 1.76. The van der Waals surface area contributed by atoms with Crippen LogP contribution in [0.25, 0.3) is 0 Å². The minimum absolute atomic E-state index is 0.125. The minimum Gasteiger partial charge on any atom is -0.300 e. The highest BCUT2D eigenvalue weighted by Gasteiger charge is 2.29. The molecule has 1 aliphatic rings. The lowest BCUT2D eigenvalue weighted by molar-refractivity contribution is -0.109. The Kier molecular flexibility index (Phi) is 4.73. The van der Waals surface area contributed by atoms with E-state index < -0.39 is 9.84 Å². The molecule has 2 atom stereocenters. The van der Waals surface area contributed by atoms with Crippen LogP contribution in [0.4, 0.5) is 0 Å². The van der Waals surface area contributed by atoms with Crippen molar-refractivity contribution in [2.45, 2.75) is 28.9 Å². The van der Waals surface area contributed by atoms with Gasteiger partial charge in [0.15, 0.2) is 16.1 Å². The Labute approximate surface area is 129 Å². The van der Waals surface area contributed by atoms with E-state index in [1.165, 1.54) is 6.26 Å². The second kappa shape index (κ2) is 6.19. The van der Waals surface area contributed by atoms with Gasteiger partial charge >= 0.3 is 0 Å². The Hall–Kier alpha value is -1.34. The van der Waals surface area contributed by atoms with Gasteiger partial charge in [0, 0.05) is 13.3 Å². The molecule has 21 heavy (non-hydrogen) atoms. The van der Waals surface area contributed by atoms with Crippen molar-refractivity contribution in [3.63, 3.8) is 0 Å². The molecule has 0 N–H and O–H groups in total. The lowest BCUT2D eigenvalue weighted by Crippen LogP contribution is -2.37. The summed E-state index contributed by atoms with van der Waals surface area (Å²) in [5.74, 6) is 0. The Morgan fingerprint density at radius 2 is 1.95 bits per heavy atom. The van der Waals surface area contributed by atoms with E-state index in [1.54, 1.807) is 48.1 Å². The molecule has 7 heteroatoms. The topological polar surface area (TPSA) is 66.8 Å². The summed E-state index contributed by atoms with van der Waals surface area (Å²) in [7, 11) is -1.43. The molecule has 1 aromatic rings. The van der Waals surface area contributed by atoms with E-state index in [0.717, 1.165) is 24.0 Å². The van der Waals surface area contributed by atoms with Crippen molar-refractivity contribution in [2.75, 3.05) is 13.3 Å². The van der Waals surface area contributed by atoms with Crippen LogP contribution in [0.5, 0.6) is 0 Å². The van der Waals surface area contributed by atoms with Gasteiger partial charge in [-0.15, -0.1) is 11.8 Å². The van der Waals surface area contributed by atoms with Gasteiger partial charge in [-0.3, -0.25) is 5.01 Å². The van der Waals surface area contributed by atoms with Gasteiger partial charge in [0.05, 0.1) is 15.9 Å². The first-order valence-electron chi connectivity index (χ1n) is 6.59. The summed E-state index contributed by atoms with van der Waals surface area (Å²) in [6.45, 7) is 2.05. The van der Waals surface area contributed by atoms with Gasteiger partial charge in [0.2, 0.25) is 0 Å². The molecular formula is C14H18N2O3S2. The molecule has 0 fully saturated rings. The van der Waals surface area contributed by atoms with Crippen molar-refractivity contribution in [1.29, 1.82) is 0 Å². The molecular weight excluding hydrogens is 308 g/mol. The largest absolute Gasteiger partial charge is 0.300 e. The summed E-state index contributed by atoms with van der Waals surface area (Å²) in [6, 6.07) is 6.73. The molecule has 0 bridgehead atoms. The van der Waals surface area contributed by atoms with E-state index in [1.807, 2.05) is 6.92 Å². The van der Waals surface area contributed by atoms with Crippen LogP contribution in [0.3, 0.4) is 0 Å². The van der Waals surface area contributed by atoms with Gasteiger partial charge in [0.25, 0.3) is 0 Å². The van der Waals surface area contributed by atoms with Crippen LogP contribution >= 0.6 is 11.8 Å². The zero-order chi connectivity index (χ0) is 15.6. The predicted molar refractivity (Wildman–Crippen MR) is 85.4 cm³/mol. The number of likely N-dealkylation sites (N-methyl/N-ethyl adjacent to an activating group) is 1. The van der Waals surface area contributed by atoms with Crippen LogP contribution in [-0.2, 0) is 14.6 Å². The lowest BCUT2D eigenvalue weighted by atomic mass is 10.1. The van der Waals surface area contributed by atoms with Gasteiger partial charge < -0.3 is 4.79 Å². The van der Waals surface area contributed by atoms with Gasteiger partial charge in [-0.05, 0) is 24.1 Å². The van der Waals surface area contributed by atoms with E-state index in [9.17, 15) is 13.2 Å². The number of hydrogen-bond donors (Lipinski definition) is 0. The minimum atomic E-state index is -3.19. The molecule has 0 radical (unpaired) electrons. The SMILES string of the molecule is CCC1SC(C=O)N(C)N=C1c1ccc(S(C)(=O)=O)cc1. The van der Waals surface area contributed by atoms with E-state index in [4.69, 9.17) is 0 Å². The maximum atomic E-state index is 11.5. The number of sulfone groups is 1. The van der Waals surface area contributed by atoms with Crippen molar-refractivity contribution in [3.8, 4) is 0 Å². The average molecular weight is 326 g/mol. The summed E-state index contributed by atoms with van der Waals surface area (Å²) >= 11 is 1.56. The van der Waals surface area contributed by atoms with E-state index >= 15 is 0 Å². The Bertz CT molecular complexity index is 653. The first-order valence-corrected chi connectivity index (χ1v) is 9.42. The summed E-state index contributed by atoms with van der Waals surface area (Å²) in [6.07, 6.45) is 2.93. The Morgan fingerprint density at radius 3 is 2.43 bits per heavy atom. The van der Waals surface area contributed by atoms with Crippen LogP contribution in [-0.4, -0.2) is 49.4 Å². The number of carbonyl (C=O) groups is 1. The molecule has 0 saturated heterocycles. The van der Waals surface area contributed by atoms with Crippen molar-refractivity contribution < 1.29 is 13.2 Å². The van der Waals surface area contributed by atoms with Gasteiger partial charge in [-0.25, -0.2) is 8.42 Å². The third kappa shape index (κ3) is 3.47. The first-order chi connectivity index (χ1) is 9.86. The summed E-state index contributed by atoms with van der Waals surface area (Å²) < 4.78 is 23.0. The average Bonchev–Trinajstić information content (AvgIpc) is 2.46.